The Morgan fingerprint density at radius 3 is 2.41 bits per heavy atom. The molecule has 9 nitrogen and oxygen atoms in total. The van der Waals surface area contributed by atoms with E-state index in [-0.39, 0.29) is 17.6 Å². The molecule has 0 bridgehead atoms. The summed E-state index contributed by atoms with van der Waals surface area (Å²) in [4.78, 5) is 28.4. The smallest absolute Gasteiger partial charge is 0.289 e. The molecule has 0 atom stereocenters. The van der Waals surface area contributed by atoms with Crippen molar-refractivity contribution in [2.24, 2.45) is 0 Å². The zero-order chi connectivity index (χ0) is 20.2. The van der Waals surface area contributed by atoms with Gasteiger partial charge in [0.25, 0.3) is 5.91 Å². The van der Waals surface area contributed by atoms with Crippen LogP contribution in [0, 0.1) is 0 Å². The number of hydrogen-bond donors (Lipinski definition) is 0. The Bertz CT molecular complexity index is 959. The van der Waals surface area contributed by atoms with Gasteiger partial charge in [-0.3, -0.25) is 14.2 Å². The summed E-state index contributed by atoms with van der Waals surface area (Å²) in [5, 5.41) is 9.08. The van der Waals surface area contributed by atoms with Crippen LogP contribution in [0.15, 0.2) is 50.8 Å². The molecular weight excluding hydrogens is 394 g/mol. The number of carbonyl (C=O) groups is 2. The number of thioether (sulfide) groups is 1. The van der Waals surface area contributed by atoms with E-state index in [9.17, 15) is 9.59 Å². The predicted molar refractivity (Wildman–Crippen MR) is 105 cm³/mol. The van der Waals surface area contributed by atoms with E-state index >= 15 is 0 Å². The number of piperazine rings is 1. The van der Waals surface area contributed by atoms with E-state index in [1.54, 1.807) is 34.3 Å². The maximum absolute atomic E-state index is 12.6. The van der Waals surface area contributed by atoms with Crippen LogP contribution in [0.4, 0.5) is 0 Å². The quantitative estimate of drug-likeness (QED) is 0.570. The summed E-state index contributed by atoms with van der Waals surface area (Å²) < 4.78 is 12.5. The van der Waals surface area contributed by atoms with E-state index < -0.39 is 0 Å². The highest BCUT2D eigenvalue weighted by atomic mass is 32.2. The van der Waals surface area contributed by atoms with Crippen LogP contribution in [0.2, 0.25) is 0 Å². The third-order valence-electron chi connectivity index (χ3n) is 4.75. The average Bonchev–Trinajstić information content (AvgIpc) is 3.52. The second-order valence-electron chi connectivity index (χ2n) is 6.47. The number of amides is 2. The monoisotopic (exact) mass is 415 g/mol. The van der Waals surface area contributed by atoms with Gasteiger partial charge in [-0.05, 0) is 31.2 Å². The van der Waals surface area contributed by atoms with Gasteiger partial charge in [-0.15, -0.1) is 10.2 Å². The van der Waals surface area contributed by atoms with Crippen molar-refractivity contribution < 1.29 is 18.4 Å². The number of hydrogen-bond acceptors (Lipinski definition) is 7. The minimum Gasteiger partial charge on any atom is -0.461 e. The molecule has 10 heteroatoms. The largest absolute Gasteiger partial charge is 0.461 e. The fraction of sp³-hybridized carbons (Fsp3) is 0.368. The number of carbonyl (C=O) groups excluding carboxylic acids is 2. The first kappa shape index (κ1) is 19.3. The minimum atomic E-state index is -0.141. The maximum atomic E-state index is 12.6. The van der Waals surface area contributed by atoms with Gasteiger partial charge in [-0.2, -0.15) is 0 Å². The molecule has 0 spiro atoms. The van der Waals surface area contributed by atoms with Gasteiger partial charge in [-0.25, -0.2) is 0 Å². The molecule has 152 valence electrons. The molecule has 1 aliphatic rings. The van der Waals surface area contributed by atoms with Crippen LogP contribution in [0.3, 0.4) is 0 Å². The molecular formula is C19H21N5O4S. The Morgan fingerprint density at radius 2 is 1.76 bits per heavy atom. The molecule has 0 aromatic carbocycles. The van der Waals surface area contributed by atoms with Crippen LogP contribution < -0.4 is 0 Å². The number of aromatic nitrogens is 3. The van der Waals surface area contributed by atoms with Crippen molar-refractivity contribution >= 4 is 23.6 Å². The van der Waals surface area contributed by atoms with E-state index in [1.807, 2.05) is 17.6 Å². The summed E-state index contributed by atoms with van der Waals surface area (Å²) in [7, 11) is 0. The molecule has 1 fully saturated rings. The molecule has 1 saturated heterocycles. The molecule has 29 heavy (non-hydrogen) atoms. The van der Waals surface area contributed by atoms with Crippen molar-refractivity contribution in [2.75, 3.05) is 31.9 Å². The number of nitrogens with zero attached hydrogens (tertiary/aromatic N) is 5. The van der Waals surface area contributed by atoms with Crippen LogP contribution in [0.5, 0.6) is 0 Å². The highest BCUT2D eigenvalue weighted by molar-refractivity contribution is 7.99. The van der Waals surface area contributed by atoms with Crippen LogP contribution in [-0.2, 0) is 11.3 Å². The highest BCUT2D eigenvalue weighted by Crippen LogP contribution is 2.24. The summed E-state index contributed by atoms with van der Waals surface area (Å²) in [6, 6.07) is 6.98. The first-order valence-electron chi connectivity index (χ1n) is 9.37. The molecule has 1 aliphatic heterocycles. The van der Waals surface area contributed by atoms with Gasteiger partial charge in [0.1, 0.15) is 0 Å². The molecule has 4 heterocycles. The predicted octanol–water partition coefficient (Wildman–Crippen LogP) is 2.23. The lowest BCUT2D eigenvalue weighted by Crippen LogP contribution is -2.51. The van der Waals surface area contributed by atoms with Gasteiger partial charge in [0, 0.05) is 32.7 Å². The average molecular weight is 415 g/mol. The molecule has 0 radical (unpaired) electrons. The van der Waals surface area contributed by atoms with Gasteiger partial charge in [0.05, 0.1) is 18.3 Å². The number of rotatable bonds is 6. The Kier molecular flexibility index (Phi) is 5.70. The summed E-state index contributed by atoms with van der Waals surface area (Å²) in [5.74, 6) is 1.77. The molecule has 0 aliphatic carbocycles. The van der Waals surface area contributed by atoms with Crippen molar-refractivity contribution in [2.45, 2.75) is 18.6 Å². The fourth-order valence-electron chi connectivity index (χ4n) is 3.20. The first-order valence-corrected chi connectivity index (χ1v) is 10.4. The first-order chi connectivity index (χ1) is 14.2. The lowest BCUT2D eigenvalue weighted by Gasteiger charge is -2.34. The molecule has 0 N–H and O–H groups in total. The third-order valence-corrected chi connectivity index (χ3v) is 5.70. The molecule has 4 rings (SSSR count). The Morgan fingerprint density at radius 1 is 1.03 bits per heavy atom. The second kappa shape index (κ2) is 8.56. The van der Waals surface area contributed by atoms with Crippen molar-refractivity contribution in [3.63, 3.8) is 0 Å². The summed E-state index contributed by atoms with van der Waals surface area (Å²) in [6.07, 6.45) is 3.08. The van der Waals surface area contributed by atoms with Crippen LogP contribution >= 0.6 is 11.8 Å². The molecule has 3 aromatic heterocycles. The summed E-state index contributed by atoms with van der Waals surface area (Å²) in [6.45, 7) is 4.66. The molecule has 0 saturated carbocycles. The minimum absolute atomic E-state index is 0.0188. The van der Waals surface area contributed by atoms with Crippen LogP contribution in [0.25, 0.3) is 11.6 Å². The third kappa shape index (κ3) is 4.07. The van der Waals surface area contributed by atoms with Crippen molar-refractivity contribution in [1.82, 2.24) is 24.6 Å². The van der Waals surface area contributed by atoms with Crippen molar-refractivity contribution in [1.29, 1.82) is 0 Å². The lowest BCUT2D eigenvalue weighted by molar-refractivity contribution is -0.129. The Hall–Kier alpha value is -3.01. The summed E-state index contributed by atoms with van der Waals surface area (Å²) in [5.41, 5.74) is 0. The van der Waals surface area contributed by atoms with E-state index in [0.29, 0.717) is 55.2 Å². The van der Waals surface area contributed by atoms with Gasteiger partial charge in [-0.1, -0.05) is 11.8 Å². The second-order valence-corrected chi connectivity index (χ2v) is 7.41. The maximum Gasteiger partial charge on any atom is 0.289 e. The Balaban J connectivity index is 1.31. The van der Waals surface area contributed by atoms with E-state index in [2.05, 4.69) is 10.2 Å². The van der Waals surface area contributed by atoms with Crippen LogP contribution in [-0.4, -0.2) is 68.3 Å². The zero-order valence-electron chi connectivity index (χ0n) is 16.0. The van der Waals surface area contributed by atoms with Crippen LogP contribution in [0.1, 0.15) is 17.5 Å². The van der Waals surface area contributed by atoms with E-state index in [4.69, 9.17) is 8.83 Å². The van der Waals surface area contributed by atoms with Gasteiger partial charge < -0.3 is 18.6 Å². The zero-order valence-corrected chi connectivity index (χ0v) is 16.8. The van der Waals surface area contributed by atoms with E-state index in [0.717, 1.165) is 0 Å². The lowest BCUT2D eigenvalue weighted by atomic mass is 10.3. The SMILES string of the molecule is CCn1c(SCC(=O)N2CCN(C(=O)c3ccco3)CC2)nnc1-c1ccco1. The number of furan rings is 2. The molecule has 0 unspecified atom stereocenters. The standard InChI is InChI=1S/C19H21N5O4S/c1-2-24-17(14-5-3-11-27-14)20-21-19(24)29-13-16(25)22-7-9-23(10-8-22)18(26)15-6-4-12-28-15/h3-6,11-12H,2,7-10,13H2,1H3. The van der Waals surface area contributed by atoms with Gasteiger partial charge in [0.2, 0.25) is 5.91 Å². The van der Waals surface area contributed by atoms with Gasteiger partial charge >= 0.3 is 0 Å². The molecule has 2 amide bonds. The fourth-order valence-corrected chi connectivity index (χ4v) is 4.11. The normalized spacial score (nSPS) is 14.4. The molecule has 3 aromatic rings. The van der Waals surface area contributed by atoms with Crippen molar-refractivity contribution in [3.05, 3.63) is 42.6 Å². The van der Waals surface area contributed by atoms with Crippen molar-refractivity contribution in [3.8, 4) is 11.6 Å². The topological polar surface area (TPSA) is 97.6 Å². The summed E-state index contributed by atoms with van der Waals surface area (Å²) >= 11 is 1.36. The Labute approximate surface area is 171 Å². The van der Waals surface area contributed by atoms with Gasteiger partial charge in [0.15, 0.2) is 22.5 Å². The highest BCUT2D eigenvalue weighted by Gasteiger charge is 2.26. The van der Waals surface area contributed by atoms with E-state index in [1.165, 1.54) is 18.0 Å².